The van der Waals surface area contributed by atoms with Crippen molar-refractivity contribution in [3.05, 3.63) is 29.8 Å². The van der Waals surface area contributed by atoms with Crippen molar-refractivity contribution in [2.24, 2.45) is 0 Å². The molecule has 0 bridgehead atoms. The van der Waals surface area contributed by atoms with Gasteiger partial charge in [0.05, 0.1) is 20.6 Å². The molecule has 0 aliphatic carbocycles. The Morgan fingerprint density at radius 3 is 2.55 bits per heavy atom. The Hall–Kier alpha value is -2.15. The molecule has 1 aliphatic heterocycles. The summed E-state index contributed by atoms with van der Waals surface area (Å²) >= 11 is 5.25. The van der Waals surface area contributed by atoms with E-state index in [9.17, 15) is 9.59 Å². The molecule has 0 radical (unpaired) electrons. The van der Waals surface area contributed by atoms with Crippen LogP contribution in [0.25, 0.3) is 0 Å². The van der Waals surface area contributed by atoms with Crippen LogP contribution in [0, 0.1) is 0 Å². The van der Waals surface area contributed by atoms with Gasteiger partial charge in [-0.3, -0.25) is 4.79 Å². The normalized spacial score (nSPS) is 20.2. The highest BCUT2D eigenvalue weighted by atomic mass is 32.1. The summed E-state index contributed by atoms with van der Waals surface area (Å²) in [5.41, 5.74) is -0.0368. The molecule has 106 valence electrons. The fourth-order valence-corrected chi connectivity index (χ4v) is 2.39. The average Bonchev–Trinajstić information content (AvgIpc) is 2.46. The highest BCUT2D eigenvalue weighted by molar-refractivity contribution is 7.80. The van der Waals surface area contributed by atoms with E-state index in [1.807, 2.05) is 12.1 Å². The van der Waals surface area contributed by atoms with Gasteiger partial charge < -0.3 is 20.1 Å². The van der Waals surface area contributed by atoms with Crippen molar-refractivity contribution in [2.75, 3.05) is 19.5 Å². The maximum Gasteiger partial charge on any atom is 0.353 e. The molecule has 0 spiro atoms. The van der Waals surface area contributed by atoms with Crippen molar-refractivity contribution in [3.8, 4) is 0 Å². The second-order valence-corrected chi connectivity index (χ2v) is 4.68. The third kappa shape index (κ3) is 2.44. The molecule has 0 fully saturated rings. The number of thiocarbonyl (C=S) groups is 1. The maximum atomic E-state index is 12.1. The number of anilines is 1. The molecule has 1 aliphatic rings. The van der Waals surface area contributed by atoms with Crippen LogP contribution in [-0.2, 0) is 19.1 Å². The van der Waals surface area contributed by atoms with Crippen LogP contribution in [0.15, 0.2) is 24.3 Å². The van der Waals surface area contributed by atoms with Gasteiger partial charge in [0, 0.05) is 11.3 Å². The lowest BCUT2D eigenvalue weighted by atomic mass is 9.99. The van der Waals surface area contributed by atoms with E-state index in [4.69, 9.17) is 17.0 Å². The summed E-state index contributed by atoms with van der Waals surface area (Å²) in [5.74, 6) is -1.20. The first-order valence-corrected chi connectivity index (χ1v) is 6.28. The zero-order valence-corrected chi connectivity index (χ0v) is 11.9. The minimum Gasteiger partial charge on any atom is -0.469 e. The summed E-state index contributed by atoms with van der Waals surface area (Å²) in [5, 5.41) is 5.83. The number of fused-ring (bicyclic) bond motifs is 1. The van der Waals surface area contributed by atoms with Crippen LogP contribution in [0.4, 0.5) is 5.69 Å². The largest absolute Gasteiger partial charge is 0.469 e. The summed E-state index contributed by atoms with van der Waals surface area (Å²) < 4.78 is 9.40. The van der Waals surface area contributed by atoms with Crippen molar-refractivity contribution in [1.82, 2.24) is 5.32 Å². The van der Waals surface area contributed by atoms with Gasteiger partial charge in [0.15, 0.2) is 0 Å². The van der Waals surface area contributed by atoms with Crippen molar-refractivity contribution in [2.45, 2.75) is 12.1 Å². The molecule has 2 rings (SSSR count). The van der Waals surface area contributed by atoms with Gasteiger partial charge in [0.2, 0.25) is 5.66 Å². The molecule has 0 saturated carbocycles. The van der Waals surface area contributed by atoms with E-state index in [1.165, 1.54) is 14.2 Å². The van der Waals surface area contributed by atoms with Gasteiger partial charge in [-0.25, -0.2) is 4.79 Å². The van der Waals surface area contributed by atoms with Gasteiger partial charge in [-0.05, 0) is 12.1 Å². The third-order valence-electron chi connectivity index (χ3n) is 3.02. The predicted octanol–water partition coefficient (Wildman–Crippen LogP) is 0.810. The summed E-state index contributed by atoms with van der Waals surface area (Å²) in [6.07, 6.45) is -0.245. The lowest BCUT2D eigenvalue weighted by molar-refractivity contribution is -0.153. The smallest absolute Gasteiger partial charge is 0.353 e. The number of esters is 2. The Labute approximate surface area is 121 Å². The fourth-order valence-electron chi connectivity index (χ4n) is 2.04. The number of nitrogens with one attached hydrogen (secondary N) is 2. The number of hydrogen-bond acceptors (Lipinski definition) is 6. The van der Waals surface area contributed by atoms with Crippen LogP contribution in [0.1, 0.15) is 12.0 Å². The monoisotopic (exact) mass is 294 g/mol. The first kappa shape index (κ1) is 14.3. The molecule has 1 aromatic carbocycles. The molecule has 1 aromatic rings. The zero-order valence-electron chi connectivity index (χ0n) is 11.1. The average molecular weight is 294 g/mol. The molecular weight excluding hydrogens is 280 g/mol. The van der Waals surface area contributed by atoms with Crippen LogP contribution in [0.3, 0.4) is 0 Å². The molecule has 1 heterocycles. The molecule has 0 amide bonds. The van der Waals surface area contributed by atoms with Crippen molar-refractivity contribution in [3.63, 3.8) is 0 Å². The first-order chi connectivity index (χ1) is 9.52. The van der Waals surface area contributed by atoms with Gasteiger partial charge in [-0.2, -0.15) is 0 Å². The maximum absolute atomic E-state index is 12.1. The fraction of sp³-hybridized carbons (Fsp3) is 0.308. The first-order valence-electron chi connectivity index (χ1n) is 5.87. The highest BCUT2D eigenvalue weighted by Gasteiger charge is 2.46. The SMILES string of the molecule is COC(=O)CC1(C(=O)OC)NC(=S)c2ccccc2N1. The summed E-state index contributed by atoms with van der Waals surface area (Å²) in [4.78, 5) is 24.0. The molecule has 1 unspecified atom stereocenters. The molecule has 1 atom stereocenters. The number of hydrogen-bond donors (Lipinski definition) is 2. The van der Waals surface area contributed by atoms with Crippen LogP contribution in [0.5, 0.6) is 0 Å². The van der Waals surface area contributed by atoms with Crippen molar-refractivity contribution >= 4 is 34.8 Å². The topological polar surface area (TPSA) is 76.7 Å². The Kier molecular flexibility index (Phi) is 3.89. The number of ether oxygens (including phenoxy) is 2. The van der Waals surface area contributed by atoms with E-state index < -0.39 is 17.6 Å². The number of benzene rings is 1. The number of methoxy groups -OCH3 is 2. The number of carbonyl (C=O) groups is 2. The van der Waals surface area contributed by atoms with Crippen LogP contribution in [0.2, 0.25) is 0 Å². The number of para-hydroxylation sites is 1. The third-order valence-corrected chi connectivity index (χ3v) is 3.34. The molecule has 6 nitrogen and oxygen atoms in total. The van der Waals surface area contributed by atoms with E-state index in [0.717, 1.165) is 5.56 Å². The summed E-state index contributed by atoms with van der Waals surface area (Å²) in [7, 11) is 2.50. The van der Waals surface area contributed by atoms with Crippen molar-refractivity contribution < 1.29 is 19.1 Å². The van der Waals surface area contributed by atoms with Crippen LogP contribution < -0.4 is 10.6 Å². The van der Waals surface area contributed by atoms with E-state index in [1.54, 1.807) is 12.1 Å². The lowest BCUT2D eigenvalue weighted by Crippen LogP contribution is -2.63. The van der Waals surface area contributed by atoms with Crippen molar-refractivity contribution in [1.29, 1.82) is 0 Å². The lowest BCUT2D eigenvalue weighted by Gasteiger charge is -2.38. The Balaban J connectivity index is 2.42. The van der Waals surface area contributed by atoms with Gasteiger partial charge in [-0.15, -0.1) is 0 Å². The number of carbonyl (C=O) groups excluding carboxylic acids is 2. The van der Waals surface area contributed by atoms with Gasteiger partial charge in [0.1, 0.15) is 4.99 Å². The number of rotatable bonds is 3. The summed E-state index contributed by atoms with van der Waals surface area (Å²) in [6, 6.07) is 7.23. The van der Waals surface area contributed by atoms with E-state index in [0.29, 0.717) is 10.7 Å². The molecule has 2 N–H and O–H groups in total. The second-order valence-electron chi connectivity index (χ2n) is 4.27. The Morgan fingerprint density at radius 2 is 1.90 bits per heavy atom. The minimum atomic E-state index is -1.45. The molecule has 0 saturated heterocycles. The molecule has 0 aromatic heterocycles. The van der Waals surface area contributed by atoms with Crippen LogP contribution >= 0.6 is 12.2 Å². The Bertz CT molecular complexity index is 575. The van der Waals surface area contributed by atoms with Gasteiger partial charge >= 0.3 is 11.9 Å². The molecular formula is C13H14N2O4S. The highest BCUT2D eigenvalue weighted by Crippen LogP contribution is 2.28. The second kappa shape index (κ2) is 5.46. The van der Waals surface area contributed by atoms with E-state index in [2.05, 4.69) is 15.4 Å². The van der Waals surface area contributed by atoms with E-state index in [-0.39, 0.29) is 6.42 Å². The zero-order chi connectivity index (χ0) is 14.8. The summed E-state index contributed by atoms with van der Waals surface area (Å²) in [6.45, 7) is 0. The molecule has 20 heavy (non-hydrogen) atoms. The standard InChI is InChI=1S/C13H14N2O4S/c1-18-10(16)7-13(12(17)19-2)14-9-6-4-3-5-8(9)11(20)15-13/h3-6,14H,7H2,1-2H3,(H,15,20). The predicted molar refractivity (Wildman–Crippen MR) is 76.3 cm³/mol. The Morgan fingerprint density at radius 1 is 1.20 bits per heavy atom. The van der Waals surface area contributed by atoms with Gasteiger partial charge in [-0.1, -0.05) is 24.4 Å². The quantitative estimate of drug-likeness (QED) is 0.631. The molecule has 7 heteroatoms. The van der Waals surface area contributed by atoms with Crippen LogP contribution in [-0.4, -0.2) is 36.8 Å². The minimum absolute atomic E-state index is 0.245. The van der Waals surface area contributed by atoms with E-state index >= 15 is 0 Å². The van der Waals surface area contributed by atoms with Gasteiger partial charge in [0.25, 0.3) is 0 Å².